The van der Waals surface area contributed by atoms with Crippen LogP contribution in [-0.2, 0) is 10.0 Å². The molecule has 1 aliphatic heterocycles. The molecular weight excluding hydrogens is 340 g/mol. The van der Waals surface area contributed by atoms with Crippen molar-refractivity contribution in [1.29, 1.82) is 0 Å². The van der Waals surface area contributed by atoms with Gasteiger partial charge in [-0.15, -0.1) is 12.4 Å². The SMILES string of the molecule is CC(C)C(N)CCN(C)S(=O)(=O)c1ccc2c(c1)OCCO2.Cl. The molecule has 0 saturated heterocycles. The number of benzene rings is 1. The lowest BCUT2D eigenvalue weighted by Crippen LogP contribution is -2.34. The number of rotatable bonds is 6. The van der Waals surface area contributed by atoms with Crippen LogP contribution in [0.25, 0.3) is 0 Å². The molecule has 0 amide bonds. The number of nitrogens with zero attached hydrogens (tertiary/aromatic N) is 1. The molecule has 1 unspecified atom stereocenters. The second-order valence-electron chi connectivity index (χ2n) is 5.83. The number of halogens is 1. The molecule has 0 aromatic heterocycles. The molecule has 1 atom stereocenters. The molecule has 132 valence electrons. The van der Waals surface area contributed by atoms with Crippen LogP contribution in [0.5, 0.6) is 11.5 Å². The van der Waals surface area contributed by atoms with Crippen LogP contribution in [0.2, 0.25) is 0 Å². The van der Waals surface area contributed by atoms with Crippen LogP contribution in [0.15, 0.2) is 23.1 Å². The smallest absolute Gasteiger partial charge is 0.242 e. The van der Waals surface area contributed by atoms with Crippen LogP contribution in [-0.4, -0.2) is 45.6 Å². The van der Waals surface area contributed by atoms with Crippen molar-refractivity contribution in [2.75, 3.05) is 26.8 Å². The quantitative estimate of drug-likeness (QED) is 0.833. The molecule has 2 N–H and O–H groups in total. The first kappa shape index (κ1) is 20.0. The minimum atomic E-state index is -3.55. The molecule has 0 fully saturated rings. The van der Waals surface area contributed by atoms with Crippen molar-refractivity contribution in [3.63, 3.8) is 0 Å². The predicted molar refractivity (Wildman–Crippen MR) is 91.9 cm³/mol. The van der Waals surface area contributed by atoms with E-state index in [9.17, 15) is 8.42 Å². The van der Waals surface area contributed by atoms with E-state index in [1.165, 1.54) is 10.4 Å². The van der Waals surface area contributed by atoms with Gasteiger partial charge in [0.2, 0.25) is 10.0 Å². The van der Waals surface area contributed by atoms with Gasteiger partial charge in [0, 0.05) is 25.7 Å². The Hall–Kier alpha value is -1.02. The first-order valence-corrected chi connectivity index (χ1v) is 8.88. The molecule has 0 spiro atoms. The average molecular weight is 365 g/mol. The third kappa shape index (κ3) is 4.73. The van der Waals surface area contributed by atoms with Gasteiger partial charge in [0.15, 0.2) is 11.5 Å². The summed E-state index contributed by atoms with van der Waals surface area (Å²) < 4.78 is 37.4. The largest absolute Gasteiger partial charge is 0.486 e. The first-order valence-electron chi connectivity index (χ1n) is 7.44. The molecule has 2 rings (SSSR count). The normalized spacial score (nSPS) is 15.4. The predicted octanol–water partition coefficient (Wildman–Crippen LogP) is 1.87. The Morgan fingerprint density at radius 3 is 2.43 bits per heavy atom. The van der Waals surface area contributed by atoms with E-state index in [4.69, 9.17) is 15.2 Å². The van der Waals surface area contributed by atoms with Crippen molar-refractivity contribution in [2.24, 2.45) is 11.7 Å². The van der Waals surface area contributed by atoms with E-state index < -0.39 is 10.0 Å². The lowest BCUT2D eigenvalue weighted by atomic mass is 10.0. The highest BCUT2D eigenvalue weighted by Gasteiger charge is 2.24. The molecule has 0 aliphatic carbocycles. The molecular formula is C15H25ClN2O4S. The summed E-state index contributed by atoms with van der Waals surface area (Å²) in [6, 6.07) is 4.68. The van der Waals surface area contributed by atoms with Crippen LogP contribution in [0.3, 0.4) is 0 Å². The van der Waals surface area contributed by atoms with Gasteiger partial charge < -0.3 is 15.2 Å². The van der Waals surface area contributed by atoms with Crippen LogP contribution in [0, 0.1) is 5.92 Å². The zero-order chi connectivity index (χ0) is 16.3. The summed E-state index contributed by atoms with van der Waals surface area (Å²) in [7, 11) is -1.98. The molecule has 0 radical (unpaired) electrons. The minimum absolute atomic E-state index is 0. The van der Waals surface area contributed by atoms with Crippen molar-refractivity contribution >= 4 is 22.4 Å². The van der Waals surface area contributed by atoms with E-state index in [-0.39, 0.29) is 23.3 Å². The third-order valence-corrected chi connectivity index (χ3v) is 5.71. The number of nitrogens with two attached hydrogens (primary N) is 1. The number of hydrogen-bond donors (Lipinski definition) is 1. The summed E-state index contributed by atoms with van der Waals surface area (Å²) in [6.45, 7) is 5.35. The molecule has 1 heterocycles. The van der Waals surface area contributed by atoms with Crippen molar-refractivity contribution in [2.45, 2.75) is 31.2 Å². The van der Waals surface area contributed by atoms with E-state index in [0.717, 1.165) is 0 Å². The molecule has 1 aromatic carbocycles. The summed E-state index contributed by atoms with van der Waals surface area (Å²) in [6.07, 6.45) is 0.623. The lowest BCUT2D eigenvalue weighted by Gasteiger charge is -2.23. The Labute approximate surface area is 144 Å². The summed E-state index contributed by atoms with van der Waals surface area (Å²) in [4.78, 5) is 0.206. The fourth-order valence-corrected chi connectivity index (χ4v) is 3.35. The van der Waals surface area contributed by atoms with Crippen LogP contribution >= 0.6 is 12.4 Å². The van der Waals surface area contributed by atoms with Crippen LogP contribution in [0.1, 0.15) is 20.3 Å². The topological polar surface area (TPSA) is 81.9 Å². The van der Waals surface area contributed by atoms with Gasteiger partial charge in [-0.05, 0) is 24.5 Å². The Morgan fingerprint density at radius 2 is 1.83 bits per heavy atom. The maximum absolute atomic E-state index is 12.6. The zero-order valence-corrected chi connectivity index (χ0v) is 15.3. The maximum atomic E-state index is 12.6. The fourth-order valence-electron chi connectivity index (χ4n) is 2.15. The minimum Gasteiger partial charge on any atom is -0.486 e. The van der Waals surface area contributed by atoms with Gasteiger partial charge in [0.25, 0.3) is 0 Å². The number of hydrogen-bond acceptors (Lipinski definition) is 5. The Bertz CT molecular complexity index is 622. The van der Waals surface area contributed by atoms with Gasteiger partial charge >= 0.3 is 0 Å². The molecule has 1 aromatic rings. The van der Waals surface area contributed by atoms with E-state index >= 15 is 0 Å². The summed E-state index contributed by atoms with van der Waals surface area (Å²) >= 11 is 0. The van der Waals surface area contributed by atoms with E-state index in [1.807, 2.05) is 13.8 Å². The standard InChI is InChI=1S/C15H24N2O4S.ClH/c1-11(2)13(16)6-7-17(3)22(18,19)12-4-5-14-15(10-12)21-9-8-20-14;/h4-5,10-11,13H,6-9,16H2,1-3H3;1H. The van der Waals surface area contributed by atoms with Crippen LogP contribution in [0.4, 0.5) is 0 Å². The van der Waals surface area contributed by atoms with Gasteiger partial charge in [-0.1, -0.05) is 13.8 Å². The van der Waals surface area contributed by atoms with Crippen molar-refractivity contribution in [3.8, 4) is 11.5 Å². The monoisotopic (exact) mass is 364 g/mol. The molecule has 0 saturated carbocycles. The summed E-state index contributed by atoms with van der Waals surface area (Å²) in [5, 5.41) is 0. The van der Waals surface area contributed by atoms with E-state index in [2.05, 4.69) is 0 Å². The fraction of sp³-hybridized carbons (Fsp3) is 0.600. The number of sulfonamides is 1. The molecule has 0 bridgehead atoms. The Morgan fingerprint density at radius 1 is 1.22 bits per heavy atom. The molecule has 23 heavy (non-hydrogen) atoms. The highest BCUT2D eigenvalue weighted by molar-refractivity contribution is 7.89. The maximum Gasteiger partial charge on any atom is 0.242 e. The van der Waals surface area contributed by atoms with Gasteiger partial charge in [-0.2, -0.15) is 0 Å². The van der Waals surface area contributed by atoms with Gasteiger partial charge in [0.05, 0.1) is 4.90 Å². The van der Waals surface area contributed by atoms with E-state index in [0.29, 0.717) is 43.6 Å². The van der Waals surface area contributed by atoms with Crippen molar-refractivity contribution in [1.82, 2.24) is 4.31 Å². The molecule has 8 heteroatoms. The first-order chi connectivity index (χ1) is 10.3. The highest BCUT2D eigenvalue weighted by atomic mass is 35.5. The average Bonchev–Trinajstić information content (AvgIpc) is 2.51. The second kappa shape index (κ2) is 8.19. The van der Waals surface area contributed by atoms with E-state index in [1.54, 1.807) is 19.2 Å². The second-order valence-corrected chi connectivity index (χ2v) is 7.87. The van der Waals surface area contributed by atoms with Gasteiger partial charge in [-0.25, -0.2) is 12.7 Å². The highest BCUT2D eigenvalue weighted by Crippen LogP contribution is 2.32. The summed E-state index contributed by atoms with van der Waals surface area (Å²) in [5.41, 5.74) is 5.98. The Kier molecular flexibility index (Phi) is 7.13. The van der Waals surface area contributed by atoms with Gasteiger partial charge in [0.1, 0.15) is 13.2 Å². The third-order valence-electron chi connectivity index (χ3n) is 3.86. The van der Waals surface area contributed by atoms with Gasteiger partial charge in [-0.3, -0.25) is 0 Å². The number of ether oxygens (including phenoxy) is 2. The lowest BCUT2D eigenvalue weighted by molar-refractivity contribution is 0.171. The zero-order valence-electron chi connectivity index (χ0n) is 13.7. The van der Waals surface area contributed by atoms with Crippen LogP contribution < -0.4 is 15.2 Å². The Balaban J connectivity index is 0.00000264. The molecule has 6 nitrogen and oxygen atoms in total. The summed E-state index contributed by atoms with van der Waals surface area (Å²) in [5.74, 6) is 1.37. The van der Waals surface area contributed by atoms with Crippen molar-refractivity contribution < 1.29 is 17.9 Å². The van der Waals surface area contributed by atoms with Crippen molar-refractivity contribution in [3.05, 3.63) is 18.2 Å². The number of fused-ring (bicyclic) bond motifs is 1. The molecule has 1 aliphatic rings.